The second kappa shape index (κ2) is 8.04. The van der Waals surface area contributed by atoms with Gasteiger partial charge in [-0.15, -0.1) is 0 Å². The van der Waals surface area contributed by atoms with Crippen LogP contribution in [0.15, 0.2) is 54.6 Å². The van der Waals surface area contributed by atoms with Gasteiger partial charge in [-0.25, -0.2) is 4.68 Å². The number of aldehydes is 1. The zero-order valence-corrected chi connectivity index (χ0v) is 16.7. The summed E-state index contributed by atoms with van der Waals surface area (Å²) in [5, 5.41) is 21.7. The fourth-order valence-electron chi connectivity index (χ4n) is 2.66. The molecule has 3 rings (SSSR count). The van der Waals surface area contributed by atoms with Crippen molar-refractivity contribution in [3.63, 3.8) is 0 Å². The van der Waals surface area contributed by atoms with Crippen molar-refractivity contribution in [2.75, 3.05) is 10.6 Å². The molecule has 0 aliphatic heterocycles. The third-order valence-electron chi connectivity index (χ3n) is 4.16. The zero-order valence-electron chi connectivity index (χ0n) is 16.0. The van der Waals surface area contributed by atoms with Gasteiger partial charge in [0, 0.05) is 27.8 Å². The van der Waals surface area contributed by atoms with Crippen molar-refractivity contribution >= 4 is 29.4 Å². The Bertz CT molecular complexity index is 961. The van der Waals surface area contributed by atoms with Crippen LogP contribution in [0.25, 0.3) is 5.69 Å². The highest BCUT2D eigenvalue weighted by Crippen LogP contribution is 2.27. The summed E-state index contributed by atoms with van der Waals surface area (Å²) in [4.78, 5) is 11.1. The molecule has 0 aliphatic carbocycles. The second-order valence-electron chi connectivity index (χ2n) is 7.49. The Hall–Kier alpha value is -2.83. The molecule has 1 aromatic heterocycles. The highest BCUT2D eigenvalue weighted by Gasteiger charge is 2.21. The molecule has 0 aliphatic rings. The lowest BCUT2D eigenvalue weighted by Gasteiger charge is -2.17. The number of nitrogens with zero attached hydrogens (tertiary/aromatic N) is 2. The first kappa shape index (κ1) is 19.9. The lowest BCUT2D eigenvalue weighted by Crippen LogP contribution is -2.29. The minimum absolute atomic E-state index is 0.182. The largest absolute Gasteiger partial charge is 0.357 e. The van der Waals surface area contributed by atoms with Crippen molar-refractivity contribution in [3.8, 4) is 5.69 Å². The van der Waals surface area contributed by atoms with Gasteiger partial charge in [0.2, 0.25) is 6.35 Å². The molecule has 0 amide bonds. The predicted molar refractivity (Wildman–Crippen MR) is 112 cm³/mol. The van der Waals surface area contributed by atoms with Crippen LogP contribution in [0, 0.1) is 0 Å². The maximum Gasteiger partial charge on any atom is 0.203 e. The topological polar surface area (TPSA) is 79.2 Å². The quantitative estimate of drug-likeness (QED) is 0.422. The molecule has 0 bridgehead atoms. The van der Waals surface area contributed by atoms with Crippen molar-refractivity contribution in [2.45, 2.75) is 32.5 Å². The molecule has 1 unspecified atom stereocenters. The van der Waals surface area contributed by atoms with Crippen LogP contribution in [-0.2, 0) is 5.41 Å². The maximum atomic E-state index is 11.1. The van der Waals surface area contributed by atoms with Gasteiger partial charge in [-0.2, -0.15) is 5.10 Å². The maximum absolute atomic E-state index is 11.1. The van der Waals surface area contributed by atoms with Crippen molar-refractivity contribution in [1.29, 1.82) is 0 Å². The summed E-state index contributed by atoms with van der Waals surface area (Å²) in [7, 11) is 0. The minimum atomic E-state index is -1.06. The van der Waals surface area contributed by atoms with E-state index in [-0.39, 0.29) is 5.41 Å². The van der Waals surface area contributed by atoms with E-state index in [2.05, 4.69) is 36.5 Å². The van der Waals surface area contributed by atoms with Crippen LogP contribution in [0.1, 0.15) is 36.8 Å². The first-order valence-electron chi connectivity index (χ1n) is 8.89. The average Bonchev–Trinajstić information content (AvgIpc) is 3.08. The summed E-state index contributed by atoms with van der Waals surface area (Å²) in [6.07, 6.45) is -0.263. The van der Waals surface area contributed by atoms with Crippen LogP contribution < -0.4 is 10.6 Å². The number of aliphatic hydroxyl groups is 1. The van der Waals surface area contributed by atoms with Crippen LogP contribution in [0.5, 0.6) is 0 Å². The number of aliphatic hydroxyl groups excluding tert-OH is 1. The van der Waals surface area contributed by atoms with E-state index in [1.165, 1.54) is 0 Å². The summed E-state index contributed by atoms with van der Waals surface area (Å²) >= 11 is 5.89. The molecule has 0 saturated carbocycles. The molecule has 28 heavy (non-hydrogen) atoms. The molecular formula is C21H23ClN4O2. The minimum Gasteiger partial charge on any atom is -0.357 e. The third kappa shape index (κ3) is 4.71. The smallest absolute Gasteiger partial charge is 0.203 e. The van der Waals surface area contributed by atoms with E-state index < -0.39 is 6.35 Å². The van der Waals surface area contributed by atoms with Gasteiger partial charge in [-0.05, 0) is 36.4 Å². The Labute approximate surface area is 169 Å². The number of anilines is 2. The molecule has 0 fully saturated rings. The van der Waals surface area contributed by atoms with Gasteiger partial charge in [-0.3, -0.25) is 4.79 Å². The molecule has 0 saturated heterocycles. The number of hydrogen-bond donors (Lipinski definition) is 3. The zero-order chi connectivity index (χ0) is 20.3. The first-order valence-corrected chi connectivity index (χ1v) is 9.27. The van der Waals surface area contributed by atoms with E-state index in [1.807, 2.05) is 12.1 Å². The lowest BCUT2D eigenvalue weighted by molar-refractivity contribution is 0.112. The number of aromatic nitrogens is 2. The van der Waals surface area contributed by atoms with E-state index in [9.17, 15) is 9.90 Å². The number of halogens is 1. The molecule has 146 valence electrons. The van der Waals surface area contributed by atoms with E-state index in [0.29, 0.717) is 16.4 Å². The number of rotatable bonds is 6. The van der Waals surface area contributed by atoms with Crippen molar-refractivity contribution in [2.24, 2.45) is 0 Å². The Balaban J connectivity index is 1.90. The van der Waals surface area contributed by atoms with Gasteiger partial charge < -0.3 is 15.7 Å². The monoisotopic (exact) mass is 398 g/mol. The van der Waals surface area contributed by atoms with Crippen LogP contribution in [0.4, 0.5) is 11.5 Å². The standard InChI is InChI=1S/C21H23ClN4O2/c1-21(2,3)18-12-19(24-20(28)23-16-9-7-15(22)8-10-16)26(25-18)17-6-4-5-14(11-17)13-27/h4-13,20,23-24,28H,1-3H3. The summed E-state index contributed by atoms with van der Waals surface area (Å²) in [6.45, 7) is 6.19. The Morgan fingerprint density at radius 3 is 2.46 bits per heavy atom. The highest BCUT2D eigenvalue weighted by atomic mass is 35.5. The number of benzene rings is 2. The van der Waals surface area contributed by atoms with Gasteiger partial charge in [-0.1, -0.05) is 44.5 Å². The van der Waals surface area contributed by atoms with Gasteiger partial charge in [0.15, 0.2) is 0 Å². The summed E-state index contributed by atoms with van der Waals surface area (Å²) in [5.41, 5.74) is 2.66. The number of carbonyl (C=O) groups is 1. The molecule has 3 N–H and O–H groups in total. The van der Waals surface area contributed by atoms with Crippen molar-refractivity contribution in [1.82, 2.24) is 9.78 Å². The Kier molecular flexibility index (Phi) is 5.72. The Morgan fingerprint density at radius 1 is 1.11 bits per heavy atom. The van der Waals surface area contributed by atoms with Crippen molar-refractivity contribution in [3.05, 3.63) is 70.9 Å². The second-order valence-corrected chi connectivity index (χ2v) is 7.92. The summed E-state index contributed by atoms with van der Waals surface area (Å²) < 4.78 is 1.68. The van der Waals surface area contributed by atoms with Gasteiger partial charge in [0.1, 0.15) is 12.1 Å². The average molecular weight is 399 g/mol. The van der Waals surface area contributed by atoms with Crippen LogP contribution in [0.2, 0.25) is 5.02 Å². The molecule has 1 atom stereocenters. The number of carbonyl (C=O) groups excluding carboxylic acids is 1. The fraction of sp³-hybridized carbons (Fsp3) is 0.238. The van der Waals surface area contributed by atoms with E-state index >= 15 is 0 Å². The third-order valence-corrected chi connectivity index (χ3v) is 4.41. The lowest BCUT2D eigenvalue weighted by atomic mass is 9.92. The van der Waals surface area contributed by atoms with E-state index in [1.54, 1.807) is 47.1 Å². The predicted octanol–water partition coefficient (Wildman–Crippen LogP) is 4.44. The summed E-state index contributed by atoms with van der Waals surface area (Å²) in [6, 6.07) is 16.1. The normalized spacial score (nSPS) is 12.5. The van der Waals surface area contributed by atoms with Gasteiger partial charge in [0.25, 0.3) is 0 Å². The number of hydrogen-bond acceptors (Lipinski definition) is 5. The molecule has 7 heteroatoms. The molecule has 0 radical (unpaired) electrons. The first-order chi connectivity index (χ1) is 13.3. The number of nitrogens with one attached hydrogen (secondary N) is 2. The summed E-state index contributed by atoms with van der Waals surface area (Å²) in [5.74, 6) is 0.599. The van der Waals surface area contributed by atoms with Crippen LogP contribution in [0.3, 0.4) is 0 Å². The highest BCUT2D eigenvalue weighted by molar-refractivity contribution is 6.30. The van der Waals surface area contributed by atoms with Crippen molar-refractivity contribution < 1.29 is 9.90 Å². The fourth-order valence-corrected chi connectivity index (χ4v) is 2.78. The SMILES string of the molecule is CC(C)(C)c1cc(NC(O)Nc2ccc(Cl)cc2)n(-c2cccc(C=O)c2)n1. The molecule has 3 aromatic rings. The van der Waals surface area contributed by atoms with Crippen LogP contribution >= 0.6 is 11.6 Å². The van der Waals surface area contributed by atoms with Crippen LogP contribution in [-0.4, -0.2) is 27.5 Å². The van der Waals surface area contributed by atoms with E-state index in [0.717, 1.165) is 23.4 Å². The Morgan fingerprint density at radius 2 is 1.82 bits per heavy atom. The molecule has 6 nitrogen and oxygen atoms in total. The molecular weight excluding hydrogens is 376 g/mol. The molecule has 1 heterocycles. The molecule has 2 aromatic carbocycles. The van der Waals surface area contributed by atoms with Gasteiger partial charge >= 0.3 is 0 Å². The van der Waals surface area contributed by atoms with Gasteiger partial charge in [0.05, 0.1) is 11.4 Å². The molecule has 0 spiro atoms. The van der Waals surface area contributed by atoms with E-state index in [4.69, 9.17) is 11.6 Å².